The smallest absolute Gasteiger partial charge is 0.245 e. The fourth-order valence-electron chi connectivity index (χ4n) is 1.81. The number of nitrogen functional groups attached to an aromatic ring is 1. The van der Waals surface area contributed by atoms with Crippen molar-refractivity contribution >= 4 is 21.6 Å². The van der Waals surface area contributed by atoms with Gasteiger partial charge in [-0.05, 0) is 31.0 Å². The molecule has 0 atom stereocenters. The summed E-state index contributed by atoms with van der Waals surface area (Å²) in [6.07, 6.45) is 0.613. The minimum absolute atomic E-state index is 0.0421. The summed E-state index contributed by atoms with van der Waals surface area (Å²) in [6, 6.07) is 4.77. The van der Waals surface area contributed by atoms with Gasteiger partial charge < -0.3 is 11.1 Å². The number of nitrogens with one attached hydrogen (secondary N) is 1. The molecule has 0 bridgehead atoms. The number of hydrogen-bond donors (Lipinski definition) is 2. The zero-order valence-corrected chi connectivity index (χ0v) is 12.8. The summed E-state index contributed by atoms with van der Waals surface area (Å²) < 4.78 is 26.3. The van der Waals surface area contributed by atoms with Crippen LogP contribution in [0.3, 0.4) is 0 Å². The first-order valence-electron chi connectivity index (χ1n) is 6.39. The second-order valence-corrected chi connectivity index (χ2v) is 6.46. The molecular formula is C13H21N3O3S. The summed E-state index contributed by atoms with van der Waals surface area (Å²) in [6.45, 7) is 3.75. The van der Waals surface area contributed by atoms with Gasteiger partial charge >= 0.3 is 0 Å². The molecule has 0 heterocycles. The van der Waals surface area contributed by atoms with E-state index in [2.05, 4.69) is 5.32 Å². The molecule has 0 radical (unpaired) electrons. The maximum Gasteiger partial charge on any atom is 0.245 e. The Balaban J connectivity index is 3.18. The highest BCUT2D eigenvalue weighted by atomic mass is 32.2. The van der Waals surface area contributed by atoms with Crippen molar-refractivity contribution in [2.75, 3.05) is 25.9 Å². The Hall–Kier alpha value is -1.60. The van der Waals surface area contributed by atoms with Crippen LogP contribution in [0.2, 0.25) is 0 Å². The van der Waals surface area contributed by atoms with Gasteiger partial charge in [-0.3, -0.25) is 4.79 Å². The monoisotopic (exact) mass is 299 g/mol. The third-order valence-corrected chi connectivity index (χ3v) is 4.77. The third kappa shape index (κ3) is 3.71. The van der Waals surface area contributed by atoms with Crippen LogP contribution >= 0.6 is 0 Å². The molecule has 20 heavy (non-hydrogen) atoms. The normalized spacial score (nSPS) is 11.6. The highest BCUT2D eigenvalue weighted by Crippen LogP contribution is 2.23. The van der Waals surface area contributed by atoms with Crippen LogP contribution in [0.5, 0.6) is 0 Å². The zero-order valence-electron chi connectivity index (χ0n) is 12.0. The van der Waals surface area contributed by atoms with E-state index >= 15 is 0 Å². The number of nitrogens with zero attached hydrogens (tertiary/aromatic N) is 1. The number of rotatable bonds is 6. The SMILES string of the molecule is CCCN(CC(=O)NC)S(=O)(=O)c1ccc(C)cc1N. The van der Waals surface area contributed by atoms with E-state index in [9.17, 15) is 13.2 Å². The molecule has 112 valence electrons. The number of carbonyl (C=O) groups is 1. The fraction of sp³-hybridized carbons (Fsp3) is 0.462. The maximum absolute atomic E-state index is 12.6. The molecule has 0 aliphatic carbocycles. The van der Waals surface area contributed by atoms with Crippen molar-refractivity contribution in [1.29, 1.82) is 0 Å². The molecule has 0 saturated carbocycles. The van der Waals surface area contributed by atoms with E-state index in [4.69, 9.17) is 5.73 Å². The van der Waals surface area contributed by atoms with Crippen LogP contribution in [0.1, 0.15) is 18.9 Å². The number of nitrogens with two attached hydrogens (primary N) is 1. The predicted molar refractivity (Wildman–Crippen MR) is 78.7 cm³/mol. The van der Waals surface area contributed by atoms with Crippen LogP contribution in [0, 0.1) is 6.92 Å². The molecule has 0 fully saturated rings. The molecule has 0 aromatic heterocycles. The maximum atomic E-state index is 12.6. The van der Waals surface area contributed by atoms with Crippen molar-refractivity contribution in [1.82, 2.24) is 9.62 Å². The summed E-state index contributed by atoms with van der Waals surface area (Å²) in [7, 11) is -2.30. The molecular weight excluding hydrogens is 278 g/mol. The number of hydrogen-bond acceptors (Lipinski definition) is 4. The van der Waals surface area contributed by atoms with Gasteiger partial charge in [-0.25, -0.2) is 8.42 Å². The molecule has 1 amide bonds. The number of aryl methyl sites for hydroxylation is 1. The van der Waals surface area contributed by atoms with Crippen molar-refractivity contribution in [2.24, 2.45) is 0 Å². The van der Waals surface area contributed by atoms with E-state index in [0.29, 0.717) is 6.42 Å². The van der Waals surface area contributed by atoms with Crippen molar-refractivity contribution in [3.8, 4) is 0 Å². The molecule has 7 heteroatoms. The molecule has 3 N–H and O–H groups in total. The Kier molecular flexibility index (Phi) is 5.52. The Morgan fingerprint density at radius 3 is 2.55 bits per heavy atom. The molecule has 0 unspecified atom stereocenters. The summed E-state index contributed by atoms with van der Waals surface area (Å²) in [5.41, 5.74) is 6.88. The first-order chi connectivity index (χ1) is 9.32. The van der Waals surface area contributed by atoms with Crippen molar-refractivity contribution in [3.63, 3.8) is 0 Å². The highest BCUT2D eigenvalue weighted by molar-refractivity contribution is 7.89. The van der Waals surface area contributed by atoms with Gasteiger partial charge in [0.1, 0.15) is 4.90 Å². The van der Waals surface area contributed by atoms with Gasteiger partial charge in [0.05, 0.1) is 12.2 Å². The van der Waals surface area contributed by atoms with E-state index in [1.807, 2.05) is 13.8 Å². The van der Waals surface area contributed by atoms with Gasteiger partial charge in [0.2, 0.25) is 15.9 Å². The topological polar surface area (TPSA) is 92.5 Å². The number of benzene rings is 1. The van der Waals surface area contributed by atoms with Gasteiger partial charge in [0, 0.05) is 13.6 Å². The fourth-order valence-corrected chi connectivity index (χ4v) is 3.40. The molecule has 0 aliphatic rings. The molecule has 1 aromatic carbocycles. The van der Waals surface area contributed by atoms with Gasteiger partial charge in [0.15, 0.2) is 0 Å². The molecule has 0 spiro atoms. The van der Waals surface area contributed by atoms with Crippen LogP contribution in [0.15, 0.2) is 23.1 Å². The second kappa shape index (κ2) is 6.71. The van der Waals surface area contributed by atoms with Crippen molar-refractivity contribution in [2.45, 2.75) is 25.2 Å². The molecule has 6 nitrogen and oxygen atoms in total. The molecule has 1 rings (SSSR count). The number of sulfonamides is 1. The Morgan fingerprint density at radius 1 is 1.40 bits per heavy atom. The molecule has 1 aromatic rings. The quantitative estimate of drug-likeness (QED) is 0.757. The van der Waals surface area contributed by atoms with Crippen LogP contribution in [0.4, 0.5) is 5.69 Å². The van der Waals surface area contributed by atoms with E-state index in [1.54, 1.807) is 12.1 Å². The summed E-state index contributed by atoms with van der Waals surface area (Å²) in [4.78, 5) is 11.5. The first kappa shape index (κ1) is 16.5. The highest BCUT2D eigenvalue weighted by Gasteiger charge is 2.27. The van der Waals surface area contributed by atoms with Crippen molar-refractivity contribution in [3.05, 3.63) is 23.8 Å². The molecule has 0 saturated heterocycles. The lowest BCUT2D eigenvalue weighted by molar-refractivity contribution is -0.120. The number of carbonyl (C=O) groups excluding carboxylic acids is 1. The van der Waals surface area contributed by atoms with Crippen LogP contribution in [0.25, 0.3) is 0 Å². The number of amides is 1. The minimum Gasteiger partial charge on any atom is -0.398 e. The lowest BCUT2D eigenvalue weighted by Gasteiger charge is -2.21. The largest absolute Gasteiger partial charge is 0.398 e. The number of likely N-dealkylation sites (N-methyl/N-ethyl adjacent to an activating group) is 1. The lowest BCUT2D eigenvalue weighted by Crippen LogP contribution is -2.40. The second-order valence-electron chi connectivity index (χ2n) is 4.55. The van der Waals surface area contributed by atoms with Gasteiger partial charge in [0.25, 0.3) is 0 Å². The first-order valence-corrected chi connectivity index (χ1v) is 7.83. The third-order valence-electron chi connectivity index (χ3n) is 2.85. The van der Waals surface area contributed by atoms with E-state index in [1.165, 1.54) is 13.1 Å². The van der Waals surface area contributed by atoms with Gasteiger partial charge in [-0.15, -0.1) is 0 Å². The van der Waals surface area contributed by atoms with Crippen LogP contribution < -0.4 is 11.1 Å². The Bertz CT molecular complexity index is 585. The Labute approximate surface area is 120 Å². The van der Waals surface area contributed by atoms with E-state index < -0.39 is 10.0 Å². The van der Waals surface area contributed by atoms with E-state index in [-0.39, 0.29) is 29.6 Å². The average Bonchev–Trinajstić information content (AvgIpc) is 2.37. The average molecular weight is 299 g/mol. The van der Waals surface area contributed by atoms with E-state index in [0.717, 1.165) is 9.87 Å². The van der Waals surface area contributed by atoms with Gasteiger partial charge in [-0.2, -0.15) is 4.31 Å². The lowest BCUT2D eigenvalue weighted by atomic mass is 10.2. The summed E-state index contributed by atoms with van der Waals surface area (Å²) >= 11 is 0. The Morgan fingerprint density at radius 2 is 2.05 bits per heavy atom. The van der Waals surface area contributed by atoms with Crippen LogP contribution in [-0.4, -0.2) is 38.8 Å². The summed E-state index contributed by atoms with van der Waals surface area (Å²) in [5.74, 6) is -0.354. The summed E-state index contributed by atoms with van der Waals surface area (Å²) in [5, 5.41) is 2.42. The van der Waals surface area contributed by atoms with Gasteiger partial charge in [-0.1, -0.05) is 13.0 Å². The van der Waals surface area contributed by atoms with Crippen LogP contribution in [-0.2, 0) is 14.8 Å². The predicted octanol–water partition coefficient (Wildman–Crippen LogP) is 0.724. The standard InChI is InChI=1S/C13H21N3O3S/c1-4-7-16(9-13(17)15-3)20(18,19)12-6-5-10(2)8-11(12)14/h5-6,8H,4,7,9,14H2,1-3H3,(H,15,17). The molecule has 0 aliphatic heterocycles. The number of anilines is 1. The zero-order chi connectivity index (χ0) is 15.3. The van der Waals surface area contributed by atoms with Crippen molar-refractivity contribution < 1.29 is 13.2 Å². The minimum atomic E-state index is -3.77.